The van der Waals surface area contributed by atoms with E-state index in [2.05, 4.69) is 9.97 Å². The van der Waals surface area contributed by atoms with Crippen LogP contribution in [0.2, 0.25) is 0 Å². The van der Waals surface area contributed by atoms with Crippen LogP contribution in [0.4, 0.5) is 26.3 Å². The van der Waals surface area contributed by atoms with Crippen LogP contribution in [0.1, 0.15) is 34.2 Å². The minimum absolute atomic E-state index is 0.0194. The number of rotatable bonds is 3. The number of aromatic amines is 1. The first kappa shape index (κ1) is 18.8. The molecule has 0 aliphatic carbocycles. The summed E-state index contributed by atoms with van der Waals surface area (Å²) in [7, 11) is 0. The van der Waals surface area contributed by atoms with Gasteiger partial charge in [0.15, 0.2) is 5.69 Å². The zero-order chi connectivity index (χ0) is 19.0. The molecule has 0 radical (unpaired) electrons. The van der Waals surface area contributed by atoms with Gasteiger partial charge in [-0.05, 0) is 32.0 Å². The molecule has 2 rings (SSSR count). The van der Waals surface area contributed by atoms with Gasteiger partial charge < -0.3 is 9.72 Å². The number of nitrogens with zero attached hydrogens (tertiary/aromatic N) is 1. The van der Waals surface area contributed by atoms with E-state index in [4.69, 9.17) is 4.74 Å². The van der Waals surface area contributed by atoms with Gasteiger partial charge in [0, 0.05) is 11.3 Å². The van der Waals surface area contributed by atoms with Gasteiger partial charge in [0.2, 0.25) is 0 Å². The lowest BCUT2D eigenvalue weighted by Crippen LogP contribution is -2.11. The first-order valence-electron chi connectivity index (χ1n) is 6.97. The first-order chi connectivity index (χ1) is 11.4. The van der Waals surface area contributed by atoms with E-state index in [1.165, 1.54) is 6.92 Å². The summed E-state index contributed by atoms with van der Waals surface area (Å²) < 4.78 is 82.1. The van der Waals surface area contributed by atoms with Crippen molar-refractivity contribution in [2.75, 3.05) is 6.61 Å². The molecule has 0 spiro atoms. The van der Waals surface area contributed by atoms with Crippen LogP contribution in [-0.2, 0) is 17.1 Å². The summed E-state index contributed by atoms with van der Waals surface area (Å²) in [6, 6.07) is 1.08. The summed E-state index contributed by atoms with van der Waals surface area (Å²) in [4.78, 5) is 18.0. The van der Waals surface area contributed by atoms with Crippen molar-refractivity contribution in [1.82, 2.24) is 9.97 Å². The molecule has 2 aromatic rings. The number of carbonyl (C=O) groups is 1. The van der Waals surface area contributed by atoms with Crippen LogP contribution < -0.4 is 0 Å². The van der Waals surface area contributed by atoms with Gasteiger partial charge >= 0.3 is 18.3 Å². The number of ether oxygens (including phenoxy) is 1. The number of alkyl halides is 6. The highest BCUT2D eigenvalue weighted by atomic mass is 19.4. The Bertz CT molecular complexity index is 760. The zero-order valence-corrected chi connectivity index (χ0v) is 13.0. The molecule has 136 valence electrons. The van der Waals surface area contributed by atoms with Gasteiger partial charge in [-0.15, -0.1) is 0 Å². The molecule has 4 nitrogen and oxygen atoms in total. The fourth-order valence-corrected chi connectivity index (χ4v) is 2.09. The molecular formula is C15H12F6N2O2. The van der Waals surface area contributed by atoms with Gasteiger partial charge in [-0.2, -0.15) is 26.3 Å². The van der Waals surface area contributed by atoms with Gasteiger partial charge in [0.05, 0.1) is 17.7 Å². The maximum absolute atomic E-state index is 12.9. The van der Waals surface area contributed by atoms with Crippen LogP contribution >= 0.6 is 0 Å². The number of H-pyrrole nitrogens is 1. The van der Waals surface area contributed by atoms with E-state index in [1.807, 2.05) is 0 Å². The summed E-state index contributed by atoms with van der Waals surface area (Å²) in [5.74, 6) is -1.12. The molecule has 0 saturated heterocycles. The van der Waals surface area contributed by atoms with E-state index in [0.717, 1.165) is 0 Å². The van der Waals surface area contributed by atoms with E-state index in [-0.39, 0.29) is 29.9 Å². The van der Waals surface area contributed by atoms with E-state index in [0.29, 0.717) is 12.1 Å². The number of aromatic nitrogens is 2. The number of esters is 1. The van der Waals surface area contributed by atoms with Gasteiger partial charge in [-0.1, -0.05) is 0 Å². The van der Waals surface area contributed by atoms with Gasteiger partial charge in [0.1, 0.15) is 5.82 Å². The van der Waals surface area contributed by atoms with Gasteiger partial charge in [-0.25, -0.2) is 9.78 Å². The highest BCUT2D eigenvalue weighted by Crippen LogP contribution is 2.38. The molecule has 1 heterocycles. The van der Waals surface area contributed by atoms with Crippen molar-refractivity contribution >= 4 is 5.97 Å². The Balaban J connectivity index is 2.59. The molecule has 0 bridgehead atoms. The molecule has 0 aliphatic heterocycles. The quantitative estimate of drug-likeness (QED) is 0.638. The van der Waals surface area contributed by atoms with Crippen molar-refractivity contribution in [3.05, 3.63) is 40.7 Å². The van der Waals surface area contributed by atoms with Crippen LogP contribution in [0.3, 0.4) is 0 Å². The molecule has 25 heavy (non-hydrogen) atoms. The number of hydrogen-bond acceptors (Lipinski definition) is 3. The number of halogens is 6. The lowest BCUT2D eigenvalue weighted by Gasteiger charge is -2.13. The third-order valence-electron chi connectivity index (χ3n) is 3.21. The predicted molar refractivity (Wildman–Crippen MR) is 74.7 cm³/mol. The van der Waals surface area contributed by atoms with Crippen molar-refractivity contribution in [3.8, 4) is 11.4 Å². The molecule has 0 unspecified atom stereocenters. The summed E-state index contributed by atoms with van der Waals surface area (Å²) in [6.45, 7) is 2.99. The molecule has 1 aromatic carbocycles. The highest BCUT2D eigenvalue weighted by Gasteiger charge is 2.37. The Morgan fingerprint density at radius 1 is 1.08 bits per heavy atom. The standard InChI is InChI=1S/C15H12F6N2O2/c1-3-25-13(24)11-7(2)22-12(23-11)8-4-9(14(16,17)18)6-10(5-8)15(19,20)21/h4-6H,3H2,1-2H3,(H,22,23). The number of hydrogen-bond donors (Lipinski definition) is 1. The van der Waals surface area contributed by atoms with Crippen molar-refractivity contribution in [1.29, 1.82) is 0 Å². The van der Waals surface area contributed by atoms with Crippen LogP contribution in [0.15, 0.2) is 18.2 Å². The lowest BCUT2D eigenvalue weighted by molar-refractivity contribution is -0.143. The van der Waals surface area contributed by atoms with E-state index in [1.54, 1.807) is 6.92 Å². The Morgan fingerprint density at radius 2 is 1.60 bits per heavy atom. The topological polar surface area (TPSA) is 55.0 Å². The van der Waals surface area contributed by atoms with Crippen molar-refractivity contribution in [2.45, 2.75) is 26.2 Å². The second kappa shape index (κ2) is 6.41. The first-order valence-corrected chi connectivity index (χ1v) is 6.97. The summed E-state index contributed by atoms with van der Waals surface area (Å²) in [5.41, 5.74) is -3.42. The highest BCUT2D eigenvalue weighted by molar-refractivity contribution is 5.89. The predicted octanol–water partition coefficient (Wildman–Crippen LogP) is 4.60. The normalized spacial score (nSPS) is 12.3. The largest absolute Gasteiger partial charge is 0.461 e. The third-order valence-corrected chi connectivity index (χ3v) is 3.21. The maximum Gasteiger partial charge on any atom is 0.416 e. The number of aryl methyl sites for hydroxylation is 1. The second-order valence-corrected chi connectivity index (χ2v) is 5.07. The molecule has 10 heteroatoms. The van der Waals surface area contributed by atoms with Crippen LogP contribution in [-0.4, -0.2) is 22.5 Å². The number of benzene rings is 1. The molecule has 1 aromatic heterocycles. The fourth-order valence-electron chi connectivity index (χ4n) is 2.09. The molecular weight excluding hydrogens is 354 g/mol. The van der Waals surface area contributed by atoms with E-state index in [9.17, 15) is 31.1 Å². The second-order valence-electron chi connectivity index (χ2n) is 5.07. The minimum atomic E-state index is -4.97. The molecule has 1 N–H and O–H groups in total. The van der Waals surface area contributed by atoms with E-state index >= 15 is 0 Å². The van der Waals surface area contributed by atoms with Crippen molar-refractivity contribution < 1.29 is 35.9 Å². The lowest BCUT2D eigenvalue weighted by atomic mass is 10.0. The average molecular weight is 366 g/mol. The molecule has 0 fully saturated rings. The Labute approximate surface area is 137 Å². The van der Waals surface area contributed by atoms with Crippen LogP contribution in [0, 0.1) is 6.92 Å². The summed E-state index contributed by atoms with van der Waals surface area (Å²) >= 11 is 0. The third kappa shape index (κ3) is 4.12. The van der Waals surface area contributed by atoms with Crippen molar-refractivity contribution in [2.24, 2.45) is 0 Å². The SMILES string of the molecule is CCOC(=O)c1nc(-c2cc(C(F)(F)F)cc(C(F)(F)F)c2)[nH]c1C. The number of imidazole rings is 1. The minimum Gasteiger partial charge on any atom is -0.461 e. The van der Waals surface area contributed by atoms with E-state index < -0.39 is 35.0 Å². The Hall–Kier alpha value is -2.52. The molecule has 0 amide bonds. The summed E-state index contributed by atoms with van der Waals surface area (Å²) in [6.07, 6.45) is -9.94. The Morgan fingerprint density at radius 3 is 2.04 bits per heavy atom. The van der Waals surface area contributed by atoms with Crippen molar-refractivity contribution in [3.63, 3.8) is 0 Å². The smallest absolute Gasteiger partial charge is 0.416 e. The maximum atomic E-state index is 12.9. The molecule has 0 saturated carbocycles. The van der Waals surface area contributed by atoms with Crippen LogP contribution in [0.25, 0.3) is 11.4 Å². The molecule has 0 atom stereocenters. The summed E-state index contributed by atoms with van der Waals surface area (Å²) in [5, 5.41) is 0. The monoisotopic (exact) mass is 366 g/mol. The van der Waals surface area contributed by atoms with Crippen LogP contribution in [0.5, 0.6) is 0 Å². The fraction of sp³-hybridized carbons (Fsp3) is 0.333. The zero-order valence-electron chi connectivity index (χ0n) is 13.0. The number of nitrogens with one attached hydrogen (secondary N) is 1. The molecule has 0 aliphatic rings. The Kier molecular flexibility index (Phi) is 4.83. The van der Waals surface area contributed by atoms with Gasteiger partial charge in [0.25, 0.3) is 0 Å². The number of carbonyl (C=O) groups excluding carboxylic acids is 1. The van der Waals surface area contributed by atoms with Gasteiger partial charge in [-0.3, -0.25) is 0 Å². The average Bonchev–Trinajstić information content (AvgIpc) is 2.87.